The lowest BCUT2D eigenvalue weighted by molar-refractivity contribution is 0.588. The van der Waals surface area contributed by atoms with Crippen molar-refractivity contribution < 1.29 is 0 Å². The van der Waals surface area contributed by atoms with Crippen molar-refractivity contribution in [3.8, 4) is 0 Å². The van der Waals surface area contributed by atoms with Crippen LogP contribution >= 0.6 is 11.6 Å². The number of hydrogen-bond acceptors (Lipinski definition) is 3. The second-order valence-corrected chi connectivity index (χ2v) is 4.54. The molecular formula is C12H20ClN3. The minimum Gasteiger partial charge on any atom is -0.369 e. The number of halogens is 1. The van der Waals surface area contributed by atoms with Crippen LogP contribution < -0.4 is 10.6 Å². The van der Waals surface area contributed by atoms with Gasteiger partial charge < -0.3 is 10.6 Å². The van der Waals surface area contributed by atoms with Crippen molar-refractivity contribution in [1.82, 2.24) is 10.3 Å². The summed E-state index contributed by atoms with van der Waals surface area (Å²) in [6.07, 6.45) is 2.92. The summed E-state index contributed by atoms with van der Waals surface area (Å²) in [7, 11) is 0. The molecule has 16 heavy (non-hydrogen) atoms. The molecule has 0 radical (unpaired) electrons. The smallest absolute Gasteiger partial charge is 0.144 e. The zero-order valence-electron chi connectivity index (χ0n) is 10.2. The first-order valence-corrected chi connectivity index (χ1v) is 6.13. The molecule has 2 N–H and O–H groups in total. The molecule has 0 atom stereocenters. The Bertz CT molecular complexity index is 326. The molecule has 0 spiro atoms. The maximum absolute atomic E-state index is 6.13. The number of anilines is 1. The van der Waals surface area contributed by atoms with E-state index in [1.165, 1.54) is 0 Å². The van der Waals surface area contributed by atoms with Crippen LogP contribution in [-0.2, 0) is 6.54 Å². The Hall–Kier alpha value is -0.800. The lowest BCUT2D eigenvalue weighted by Crippen LogP contribution is -2.21. The molecule has 0 fully saturated rings. The van der Waals surface area contributed by atoms with Crippen molar-refractivity contribution in [3.63, 3.8) is 0 Å². The molecule has 0 saturated carbocycles. The van der Waals surface area contributed by atoms with E-state index >= 15 is 0 Å². The Morgan fingerprint density at radius 2 is 2.19 bits per heavy atom. The molecule has 4 heteroatoms. The van der Waals surface area contributed by atoms with E-state index in [0.29, 0.717) is 11.1 Å². The van der Waals surface area contributed by atoms with Crippen LogP contribution in [0.15, 0.2) is 12.3 Å². The van der Waals surface area contributed by atoms with E-state index < -0.39 is 0 Å². The van der Waals surface area contributed by atoms with Crippen LogP contribution in [0.5, 0.6) is 0 Å². The van der Waals surface area contributed by atoms with Gasteiger partial charge in [0.2, 0.25) is 0 Å². The number of nitrogens with one attached hydrogen (secondary N) is 2. The topological polar surface area (TPSA) is 37.0 Å². The van der Waals surface area contributed by atoms with Gasteiger partial charge in [-0.25, -0.2) is 4.98 Å². The summed E-state index contributed by atoms with van der Waals surface area (Å²) in [6.45, 7) is 8.05. The summed E-state index contributed by atoms with van der Waals surface area (Å²) in [5.41, 5.74) is 1.11. The number of rotatable bonds is 6. The molecule has 0 aliphatic carbocycles. The van der Waals surface area contributed by atoms with Crippen molar-refractivity contribution in [1.29, 1.82) is 0 Å². The molecule has 0 saturated heterocycles. The van der Waals surface area contributed by atoms with E-state index in [1.54, 1.807) is 0 Å². The highest BCUT2D eigenvalue weighted by Crippen LogP contribution is 2.19. The normalized spacial score (nSPS) is 10.8. The fourth-order valence-electron chi connectivity index (χ4n) is 1.27. The molecule has 1 rings (SSSR count). The Kier molecular flexibility index (Phi) is 5.56. The predicted octanol–water partition coefficient (Wildman–Crippen LogP) is 3.05. The lowest BCUT2D eigenvalue weighted by atomic mass is 10.2. The van der Waals surface area contributed by atoms with E-state index in [-0.39, 0.29) is 0 Å². The molecule has 0 aromatic carbocycles. The Morgan fingerprint density at radius 3 is 2.75 bits per heavy atom. The van der Waals surface area contributed by atoms with Crippen molar-refractivity contribution in [2.75, 3.05) is 11.9 Å². The molecule has 0 aliphatic rings. The molecule has 0 unspecified atom stereocenters. The average molecular weight is 242 g/mol. The standard InChI is InChI=1S/C12H20ClN3/c1-4-5-14-12-11(13)6-10(8-16-12)7-15-9(2)3/h6,8-9,15H,4-5,7H2,1-3H3,(H,14,16). The van der Waals surface area contributed by atoms with Crippen molar-refractivity contribution in [2.24, 2.45) is 0 Å². The van der Waals surface area contributed by atoms with Gasteiger partial charge in [0.1, 0.15) is 5.82 Å². The summed E-state index contributed by atoms with van der Waals surface area (Å²) < 4.78 is 0. The number of hydrogen-bond donors (Lipinski definition) is 2. The van der Waals surface area contributed by atoms with Crippen LogP contribution in [0.1, 0.15) is 32.8 Å². The van der Waals surface area contributed by atoms with Crippen molar-refractivity contribution in [2.45, 2.75) is 39.8 Å². The fourth-order valence-corrected chi connectivity index (χ4v) is 1.53. The third-order valence-electron chi connectivity index (χ3n) is 2.15. The van der Waals surface area contributed by atoms with Gasteiger partial charge in [-0.2, -0.15) is 0 Å². The summed E-state index contributed by atoms with van der Waals surface area (Å²) in [6, 6.07) is 2.43. The van der Waals surface area contributed by atoms with Gasteiger partial charge >= 0.3 is 0 Å². The van der Waals surface area contributed by atoms with Crippen LogP contribution in [-0.4, -0.2) is 17.6 Å². The number of nitrogens with zero attached hydrogens (tertiary/aromatic N) is 1. The zero-order chi connectivity index (χ0) is 12.0. The molecular weight excluding hydrogens is 222 g/mol. The second kappa shape index (κ2) is 6.71. The quantitative estimate of drug-likeness (QED) is 0.804. The monoisotopic (exact) mass is 241 g/mol. The first-order valence-electron chi connectivity index (χ1n) is 5.75. The Balaban J connectivity index is 2.59. The van der Waals surface area contributed by atoms with Crippen LogP contribution in [0.25, 0.3) is 0 Å². The van der Waals surface area contributed by atoms with E-state index in [1.807, 2.05) is 12.3 Å². The molecule has 90 valence electrons. The third-order valence-corrected chi connectivity index (χ3v) is 2.44. The zero-order valence-corrected chi connectivity index (χ0v) is 10.9. The minimum absolute atomic E-state index is 0.469. The first kappa shape index (κ1) is 13.3. The van der Waals surface area contributed by atoms with Crippen molar-refractivity contribution in [3.05, 3.63) is 22.8 Å². The molecule has 0 amide bonds. The maximum Gasteiger partial charge on any atom is 0.144 e. The fraction of sp³-hybridized carbons (Fsp3) is 0.583. The van der Waals surface area contributed by atoms with Crippen LogP contribution in [0, 0.1) is 0 Å². The maximum atomic E-state index is 6.13. The molecule has 0 bridgehead atoms. The van der Waals surface area contributed by atoms with E-state index in [9.17, 15) is 0 Å². The SMILES string of the molecule is CCCNc1ncc(CNC(C)C)cc1Cl. The van der Waals surface area contributed by atoms with Crippen LogP contribution in [0.4, 0.5) is 5.82 Å². The summed E-state index contributed by atoms with van der Waals surface area (Å²) in [4.78, 5) is 4.31. The van der Waals surface area contributed by atoms with Crippen LogP contribution in [0.3, 0.4) is 0 Å². The molecule has 1 heterocycles. The number of pyridine rings is 1. The predicted molar refractivity (Wildman–Crippen MR) is 70.0 cm³/mol. The summed E-state index contributed by atoms with van der Waals surface area (Å²) in [5, 5.41) is 7.22. The minimum atomic E-state index is 0.469. The molecule has 0 aliphatic heterocycles. The average Bonchev–Trinajstić information content (AvgIpc) is 2.25. The van der Waals surface area contributed by atoms with Gasteiger partial charge in [0, 0.05) is 25.3 Å². The molecule has 1 aromatic heterocycles. The van der Waals surface area contributed by atoms with Gasteiger partial charge in [0.05, 0.1) is 5.02 Å². The summed E-state index contributed by atoms with van der Waals surface area (Å²) >= 11 is 6.13. The molecule has 3 nitrogen and oxygen atoms in total. The molecule has 1 aromatic rings. The van der Waals surface area contributed by atoms with E-state index in [0.717, 1.165) is 30.9 Å². The van der Waals surface area contributed by atoms with Gasteiger partial charge in [-0.1, -0.05) is 32.4 Å². The highest BCUT2D eigenvalue weighted by atomic mass is 35.5. The van der Waals surface area contributed by atoms with Gasteiger partial charge in [0.15, 0.2) is 0 Å². The number of aromatic nitrogens is 1. The van der Waals surface area contributed by atoms with Gasteiger partial charge in [-0.3, -0.25) is 0 Å². The van der Waals surface area contributed by atoms with Gasteiger partial charge in [0.25, 0.3) is 0 Å². The lowest BCUT2D eigenvalue weighted by Gasteiger charge is -2.10. The first-order chi connectivity index (χ1) is 7.63. The second-order valence-electron chi connectivity index (χ2n) is 4.14. The third kappa shape index (κ3) is 4.37. The van der Waals surface area contributed by atoms with Crippen LogP contribution in [0.2, 0.25) is 5.02 Å². The highest BCUT2D eigenvalue weighted by Gasteiger charge is 2.03. The Labute approximate surface area is 103 Å². The largest absolute Gasteiger partial charge is 0.369 e. The Morgan fingerprint density at radius 1 is 1.44 bits per heavy atom. The summed E-state index contributed by atoms with van der Waals surface area (Å²) in [5.74, 6) is 0.775. The van der Waals surface area contributed by atoms with Gasteiger partial charge in [-0.15, -0.1) is 0 Å². The van der Waals surface area contributed by atoms with Gasteiger partial charge in [-0.05, 0) is 18.1 Å². The van der Waals surface area contributed by atoms with Crippen molar-refractivity contribution >= 4 is 17.4 Å². The highest BCUT2D eigenvalue weighted by molar-refractivity contribution is 6.32. The van der Waals surface area contributed by atoms with E-state index in [2.05, 4.69) is 36.4 Å². The van der Waals surface area contributed by atoms with E-state index in [4.69, 9.17) is 11.6 Å².